The Hall–Kier alpha value is -2.82. The van der Waals surface area contributed by atoms with Crippen LogP contribution in [0, 0.1) is 0 Å². The summed E-state index contributed by atoms with van der Waals surface area (Å²) >= 11 is 0. The number of furan rings is 1. The van der Waals surface area contributed by atoms with E-state index in [1.807, 2.05) is 19.1 Å². The Morgan fingerprint density at radius 3 is 2.23 bits per heavy atom. The Bertz CT molecular complexity index is 684. The van der Waals surface area contributed by atoms with E-state index in [0.29, 0.717) is 17.1 Å². The zero-order chi connectivity index (χ0) is 15.9. The Morgan fingerprint density at radius 2 is 1.68 bits per heavy atom. The Labute approximate surface area is 129 Å². The summed E-state index contributed by atoms with van der Waals surface area (Å²) in [6, 6.07) is 10.6. The minimum atomic E-state index is -0.248. The normalized spacial score (nSPS) is 10.6. The van der Waals surface area contributed by atoms with Crippen LogP contribution in [0.15, 0.2) is 46.9 Å². The monoisotopic (exact) mass is 298 g/mol. The first-order chi connectivity index (χ1) is 10.6. The lowest BCUT2D eigenvalue weighted by molar-refractivity contribution is -0.114. The maximum Gasteiger partial charge on any atom is 0.248 e. The van der Waals surface area contributed by atoms with Gasteiger partial charge < -0.3 is 15.1 Å². The molecule has 2 N–H and O–H groups in total. The van der Waals surface area contributed by atoms with Crippen molar-refractivity contribution >= 4 is 29.3 Å². The molecule has 5 heteroatoms. The van der Waals surface area contributed by atoms with E-state index in [0.717, 1.165) is 12.2 Å². The molecule has 0 fully saturated rings. The summed E-state index contributed by atoms with van der Waals surface area (Å²) in [6.45, 7) is 3.45. The van der Waals surface area contributed by atoms with Gasteiger partial charge in [0.05, 0.1) is 0 Å². The molecule has 0 saturated heterocycles. The van der Waals surface area contributed by atoms with E-state index in [1.165, 1.54) is 13.0 Å². The maximum absolute atomic E-state index is 11.8. The lowest BCUT2D eigenvalue weighted by atomic mass is 10.2. The van der Waals surface area contributed by atoms with Gasteiger partial charge in [-0.2, -0.15) is 0 Å². The van der Waals surface area contributed by atoms with Gasteiger partial charge in [0.25, 0.3) is 0 Å². The third kappa shape index (κ3) is 4.63. The van der Waals surface area contributed by atoms with Crippen LogP contribution in [0.5, 0.6) is 0 Å². The highest BCUT2D eigenvalue weighted by Crippen LogP contribution is 2.14. The third-order valence-electron chi connectivity index (χ3n) is 2.90. The molecule has 0 saturated carbocycles. The number of carbonyl (C=O) groups is 2. The standard InChI is InChI=1S/C17H18N2O3/c1-3-15-8-9-16(22-15)10-11-17(21)19-14-6-4-13(5-7-14)18-12(2)20/h4-11H,3H2,1-2H3,(H,18,20)(H,19,21)/b11-10+. The molecule has 2 aromatic rings. The summed E-state index contributed by atoms with van der Waals surface area (Å²) < 4.78 is 5.48. The molecule has 0 aliphatic rings. The maximum atomic E-state index is 11.8. The van der Waals surface area contributed by atoms with Crippen molar-refractivity contribution < 1.29 is 14.0 Å². The second kappa shape index (κ2) is 7.26. The second-order valence-corrected chi connectivity index (χ2v) is 4.74. The fourth-order valence-electron chi connectivity index (χ4n) is 1.86. The molecular weight excluding hydrogens is 280 g/mol. The first-order valence-electron chi connectivity index (χ1n) is 7.02. The lowest BCUT2D eigenvalue weighted by Crippen LogP contribution is -2.08. The van der Waals surface area contributed by atoms with Crippen LogP contribution in [0.4, 0.5) is 11.4 Å². The van der Waals surface area contributed by atoms with Crippen LogP contribution in [-0.2, 0) is 16.0 Å². The summed E-state index contributed by atoms with van der Waals surface area (Å²) in [6.07, 6.45) is 3.86. The van der Waals surface area contributed by atoms with E-state index in [4.69, 9.17) is 4.42 Å². The molecule has 1 aromatic heterocycles. The van der Waals surface area contributed by atoms with Gasteiger partial charge in [-0.05, 0) is 42.5 Å². The van der Waals surface area contributed by atoms with Gasteiger partial charge in [-0.3, -0.25) is 9.59 Å². The summed E-state index contributed by atoms with van der Waals surface area (Å²) in [5, 5.41) is 5.40. The number of aryl methyl sites for hydroxylation is 1. The van der Waals surface area contributed by atoms with Crippen LogP contribution >= 0.6 is 0 Å². The molecule has 0 radical (unpaired) electrons. The summed E-state index contributed by atoms with van der Waals surface area (Å²) in [7, 11) is 0. The van der Waals surface area contributed by atoms with E-state index in [1.54, 1.807) is 30.3 Å². The van der Waals surface area contributed by atoms with Crippen molar-refractivity contribution in [1.29, 1.82) is 0 Å². The minimum absolute atomic E-state index is 0.135. The molecule has 114 valence electrons. The molecule has 0 aliphatic heterocycles. The highest BCUT2D eigenvalue weighted by molar-refractivity contribution is 6.01. The Balaban J connectivity index is 1.92. The highest BCUT2D eigenvalue weighted by atomic mass is 16.3. The molecule has 2 rings (SSSR count). The first-order valence-corrected chi connectivity index (χ1v) is 7.02. The third-order valence-corrected chi connectivity index (χ3v) is 2.90. The zero-order valence-corrected chi connectivity index (χ0v) is 12.6. The van der Waals surface area contributed by atoms with E-state index >= 15 is 0 Å². The van der Waals surface area contributed by atoms with Crippen LogP contribution in [-0.4, -0.2) is 11.8 Å². The van der Waals surface area contributed by atoms with Crippen LogP contribution in [0.3, 0.4) is 0 Å². The molecule has 5 nitrogen and oxygen atoms in total. The van der Waals surface area contributed by atoms with Crippen LogP contribution < -0.4 is 10.6 Å². The average Bonchev–Trinajstić information content (AvgIpc) is 2.95. The molecule has 0 atom stereocenters. The minimum Gasteiger partial charge on any atom is -0.462 e. The average molecular weight is 298 g/mol. The molecule has 0 spiro atoms. The van der Waals surface area contributed by atoms with Gasteiger partial charge in [-0.25, -0.2) is 0 Å². The molecular formula is C17H18N2O3. The van der Waals surface area contributed by atoms with E-state index in [2.05, 4.69) is 10.6 Å². The lowest BCUT2D eigenvalue weighted by Gasteiger charge is -2.04. The van der Waals surface area contributed by atoms with Gasteiger partial charge in [0.1, 0.15) is 11.5 Å². The Kier molecular flexibility index (Phi) is 5.14. The van der Waals surface area contributed by atoms with Crippen molar-refractivity contribution in [1.82, 2.24) is 0 Å². The van der Waals surface area contributed by atoms with Gasteiger partial charge in [0.2, 0.25) is 11.8 Å². The molecule has 22 heavy (non-hydrogen) atoms. The number of amides is 2. The van der Waals surface area contributed by atoms with Gasteiger partial charge in [-0.1, -0.05) is 6.92 Å². The van der Waals surface area contributed by atoms with Crippen LogP contribution in [0.25, 0.3) is 6.08 Å². The second-order valence-electron chi connectivity index (χ2n) is 4.74. The molecule has 0 aliphatic carbocycles. The summed E-state index contributed by atoms with van der Waals surface area (Å²) in [5.41, 5.74) is 1.33. The molecule has 0 unspecified atom stereocenters. The smallest absolute Gasteiger partial charge is 0.248 e. The zero-order valence-electron chi connectivity index (χ0n) is 12.6. The number of nitrogens with one attached hydrogen (secondary N) is 2. The van der Waals surface area contributed by atoms with Crippen molar-refractivity contribution in [3.8, 4) is 0 Å². The molecule has 2 amide bonds. The van der Waals surface area contributed by atoms with Crippen molar-refractivity contribution in [3.63, 3.8) is 0 Å². The summed E-state index contributed by atoms with van der Waals surface area (Å²) in [5.74, 6) is 1.15. The first kappa shape index (κ1) is 15.6. The molecule has 1 heterocycles. The van der Waals surface area contributed by atoms with E-state index in [-0.39, 0.29) is 11.8 Å². The van der Waals surface area contributed by atoms with Gasteiger partial charge in [0, 0.05) is 30.8 Å². The number of hydrogen-bond donors (Lipinski definition) is 2. The van der Waals surface area contributed by atoms with Crippen molar-refractivity contribution in [2.75, 3.05) is 10.6 Å². The van der Waals surface area contributed by atoms with Gasteiger partial charge in [-0.15, -0.1) is 0 Å². The van der Waals surface area contributed by atoms with E-state index in [9.17, 15) is 9.59 Å². The van der Waals surface area contributed by atoms with Crippen molar-refractivity contribution in [2.24, 2.45) is 0 Å². The molecule has 0 bridgehead atoms. The predicted molar refractivity (Wildman–Crippen MR) is 86.5 cm³/mol. The predicted octanol–water partition coefficient (Wildman–Crippen LogP) is 3.45. The number of anilines is 2. The topological polar surface area (TPSA) is 71.3 Å². The van der Waals surface area contributed by atoms with Gasteiger partial charge in [0.15, 0.2) is 0 Å². The molecule has 1 aromatic carbocycles. The van der Waals surface area contributed by atoms with Crippen LogP contribution in [0.1, 0.15) is 25.4 Å². The van der Waals surface area contributed by atoms with Crippen molar-refractivity contribution in [2.45, 2.75) is 20.3 Å². The number of benzene rings is 1. The Morgan fingerprint density at radius 1 is 1.05 bits per heavy atom. The fourth-order valence-corrected chi connectivity index (χ4v) is 1.86. The highest BCUT2D eigenvalue weighted by Gasteiger charge is 2.01. The van der Waals surface area contributed by atoms with E-state index < -0.39 is 0 Å². The number of hydrogen-bond acceptors (Lipinski definition) is 3. The van der Waals surface area contributed by atoms with Gasteiger partial charge >= 0.3 is 0 Å². The quantitative estimate of drug-likeness (QED) is 0.830. The van der Waals surface area contributed by atoms with Crippen LogP contribution in [0.2, 0.25) is 0 Å². The SMILES string of the molecule is CCc1ccc(/C=C/C(=O)Nc2ccc(NC(C)=O)cc2)o1. The number of rotatable bonds is 5. The fraction of sp³-hybridized carbons (Fsp3) is 0.176. The summed E-state index contributed by atoms with van der Waals surface area (Å²) in [4.78, 5) is 22.7. The number of carbonyl (C=O) groups excluding carboxylic acids is 2. The van der Waals surface area contributed by atoms with Crippen molar-refractivity contribution in [3.05, 3.63) is 54.0 Å². The largest absolute Gasteiger partial charge is 0.462 e.